The Labute approximate surface area is 86.1 Å². The van der Waals surface area contributed by atoms with Gasteiger partial charge in [-0.3, -0.25) is 4.79 Å². The summed E-state index contributed by atoms with van der Waals surface area (Å²) in [6.45, 7) is 0. The molecule has 0 aliphatic rings. The van der Waals surface area contributed by atoms with Gasteiger partial charge >= 0.3 is 0 Å². The minimum atomic E-state index is -1.00. The van der Waals surface area contributed by atoms with E-state index in [0.29, 0.717) is 6.29 Å². The number of carbonyl (C=O) groups excluding carboxylic acids is 2. The maximum Gasteiger partial charge on any atom is 0.167 e. The molecule has 0 aromatic heterocycles. The molecule has 0 radical (unpaired) electrons. The molecule has 0 aliphatic heterocycles. The van der Waals surface area contributed by atoms with Gasteiger partial charge in [0.15, 0.2) is 5.78 Å². The lowest BCUT2D eigenvalue weighted by atomic mass is 10.0. The van der Waals surface area contributed by atoms with Gasteiger partial charge in [-0.25, -0.2) is 4.39 Å². The lowest BCUT2D eigenvalue weighted by Gasteiger charge is -2.02. The summed E-state index contributed by atoms with van der Waals surface area (Å²) in [5.74, 6) is -2.17. The Kier molecular flexibility index (Phi) is 3.69. The Morgan fingerprint density at radius 2 is 2.20 bits per heavy atom. The van der Waals surface area contributed by atoms with Gasteiger partial charge in [0.05, 0.1) is 11.6 Å². The molecule has 1 rings (SSSR count). The summed E-state index contributed by atoms with van der Waals surface area (Å²) in [6, 6.07) is 7.15. The number of benzene rings is 1. The van der Waals surface area contributed by atoms with Gasteiger partial charge < -0.3 is 4.79 Å². The van der Waals surface area contributed by atoms with Gasteiger partial charge in [0.1, 0.15) is 18.0 Å². The Morgan fingerprint density at radius 3 is 2.73 bits per heavy atom. The first-order valence-corrected chi connectivity index (χ1v) is 4.31. The molecular weight excluding hydrogens is 197 g/mol. The van der Waals surface area contributed by atoms with Crippen LogP contribution in [0.25, 0.3) is 0 Å². The molecule has 0 aliphatic carbocycles. The molecule has 4 heteroatoms. The van der Waals surface area contributed by atoms with Crippen LogP contribution in [0.5, 0.6) is 0 Å². The number of hydrogen-bond acceptors (Lipinski definition) is 3. The van der Waals surface area contributed by atoms with Gasteiger partial charge in [0, 0.05) is 6.42 Å². The highest BCUT2D eigenvalue weighted by molar-refractivity contribution is 5.97. The number of hydrogen-bond donors (Lipinski definition) is 0. The third-order valence-corrected chi connectivity index (χ3v) is 1.91. The van der Waals surface area contributed by atoms with Crippen LogP contribution in [0.1, 0.15) is 16.8 Å². The second kappa shape index (κ2) is 5.01. The van der Waals surface area contributed by atoms with E-state index in [2.05, 4.69) is 0 Å². The average Bonchev–Trinajstić information content (AvgIpc) is 2.26. The van der Waals surface area contributed by atoms with Crippen LogP contribution in [0.4, 0.5) is 4.39 Å². The van der Waals surface area contributed by atoms with E-state index in [1.54, 1.807) is 6.07 Å². The highest BCUT2D eigenvalue weighted by Crippen LogP contribution is 2.11. The summed E-state index contributed by atoms with van der Waals surface area (Å²) in [6.07, 6.45) is 0.111. The van der Waals surface area contributed by atoms with E-state index in [1.807, 2.05) is 0 Å². The van der Waals surface area contributed by atoms with Crippen LogP contribution in [-0.4, -0.2) is 12.1 Å². The number of rotatable bonds is 4. The first-order chi connectivity index (χ1) is 7.19. The fourth-order valence-corrected chi connectivity index (χ4v) is 1.12. The van der Waals surface area contributed by atoms with Crippen molar-refractivity contribution in [1.29, 1.82) is 5.26 Å². The van der Waals surface area contributed by atoms with Crippen LogP contribution < -0.4 is 0 Å². The maximum atomic E-state index is 13.1. The number of Topliss-reactive ketones (excluding diaryl/α,β-unsaturated/α-hetero) is 1. The largest absolute Gasteiger partial charge is 0.302 e. The SMILES string of the molecule is N#CC(C=O)CC(=O)c1ccccc1F. The van der Waals surface area contributed by atoms with Crippen molar-refractivity contribution in [3.63, 3.8) is 0 Å². The summed E-state index contributed by atoms with van der Waals surface area (Å²) < 4.78 is 13.1. The van der Waals surface area contributed by atoms with Crippen LogP contribution in [0, 0.1) is 23.1 Å². The highest BCUT2D eigenvalue weighted by atomic mass is 19.1. The van der Waals surface area contributed by atoms with Crippen molar-refractivity contribution in [3.8, 4) is 6.07 Å². The second-order valence-corrected chi connectivity index (χ2v) is 2.98. The molecule has 0 N–H and O–H groups in total. The minimum Gasteiger partial charge on any atom is -0.302 e. The third-order valence-electron chi connectivity index (χ3n) is 1.91. The molecule has 3 nitrogen and oxygen atoms in total. The van der Waals surface area contributed by atoms with E-state index in [9.17, 15) is 14.0 Å². The zero-order valence-corrected chi connectivity index (χ0v) is 7.81. The molecular formula is C11H8FNO2. The highest BCUT2D eigenvalue weighted by Gasteiger charge is 2.16. The molecule has 1 aromatic rings. The van der Waals surface area contributed by atoms with Crippen molar-refractivity contribution >= 4 is 12.1 Å². The van der Waals surface area contributed by atoms with Gasteiger partial charge in [0.2, 0.25) is 0 Å². The number of nitriles is 1. The summed E-state index contributed by atoms with van der Waals surface area (Å²) in [5, 5.41) is 8.46. The second-order valence-electron chi connectivity index (χ2n) is 2.98. The third kappa shape index (κ3) is 2.71. The molecule has 0 spiro atoms. The van der Waals surface area contributed by atoms with Gasteiger partial charge in [-0.05, 0) is 12.1 Å². The topological polar surface area (TPSA) is 57.9 Å². The molecule has 1 unspecified atom stereocenters. The summed E-state index contributed by atoms with van der Waals surface area (Å²) in [5.41, 5.74) is -0.0837. The normalized spacial score (nSPS) is 11.5. The monoisotopic (exact) mass is 205 g/mol. The molecule has 15 heavy (non-hydrogen) atoms. The van der Waals surface area contributed by atoms with Crippen LogP contribution in [0.2, 0.25) is 0 Å². The molecule has 0 saturated carbocycles. The summed E-state index contributed by atoms with van der Waals surface area (Å²) >= 11 is 0. The van der Waals surface area contributed by atoms with Gasteiger partial charge in [-0.1, -0.05) is 12.1 Å². The Bertz CT molecular complexity index is 423. The van der Waals surface area contributed by atoms with Gasteiger partial charge in [0.25, 0.3) is 0 Å². The molecule has 0 bridgehead atoms. The molecule has 0 saturated heterocycles. The maximum absolute atomic E-state index is 13.1. The fourth-order valence-electron chi connectivity index (χ4n) is 1.12. The first kappa shape index (κ1) is 11.1. The minimum absolute atomic E-state index is 0.0837. The lowest BCUT2D eigenvalue weighted by Crippen LogP contribution is -2.09. The van der Waals surface area contributed by atoms with Crippen molar-refractivity contribution in [1.82, 2.24) is 0 Å². The summed E-state index contributed by atoms with van der Waals surface area (Å²) in [7, 11) is 0. The predicted molar refractivity (Wildman–Crippen MR) is 50.5 cm³/mol. The molecule has 0 fully saturated rings. The zero-order chi connectivity index (χ0) is 11.3. The van der Waals surface area contributed by atoms with Crippen molar-refractivity contribution < 1.29 is 14.0 Å². The average molecular weight is 205 g/mol. The van der Waals surface area contributed by atoms with E-state index < -0.39 is 17.5 Å². The van der Waals surface area contributed by atoms with Gasteiger partial charge in [-0.2, -0.15) is 5.26 Å². The van der Waals surface area contributed by atoms with Crippen LogP contribution in [0.3, 0.4) is 0 Å². The van der Waals surface area contributed by atoms with Crippen LogP contribution in [0.15, 0.2) is 24.3 Å². The van der Waals surface area contributed by atoms with E-state index in [-0.39, 0.29) is 12.0 Å². The van der Waals surface area contributed by atoms with Crippen molar-refractivity contribution in [2.24, 2.45) is 5.92 Å². The van der Waals surface area contributed by atoms with Gasteiger partial charge in [-0.15, -0.1) is 0 Å². The number of nitrogens with zero attached hydrogens (tertiary/aromatic N) is 1. The van der Waals surface area contributed by atoms with E-state index in [4.69, 9.17) is 5.26 Å². The standard InChI is InChI=1S/C11H8FNO2/c12-10-4-2-1-3-9(10)11(15)5-8(6-13)7-14/h1-4,7-8H,5H2. The molecule has 0 heterocycles. The Morgan fingerprint density at radius 1 is 1.53 bits per heavy atom. The quantitative estimate of drug-likeness (QED) is 0.555. The molecule has 0 amide bonds. The molecule has 1 aromatic carbocycles. The van der Waals surface area contributed by atoms with E-state index >= 15 is 0 Å². The fraction of sp³-hybridized carbons (Fsp3) is 0.182. The lowest BCUT2D eigenvalue weighted by molar-refractivity contribution is -0.109. The van der Waals surface area contributed by atoms with Crippen LogP contribution >= 0.6 is 0 Å². The van der Waals surface area contributed by atoms with Crippen LogP contribution in [-0.2, 0) is 4.79 Å². The number of aldehydes is 1. The van der Waals surface area contributed by atoms with Crippen molar-refractivity contribution in [2.45, 2.75) is 6.42 Å². The van der Waals surface area contributed by atoms with E-state index in [1.165, 1.54) is 18.2 Å². The van der Waals surface area contributed by atoms with Crippen molar-refractivity contribution in [2.75, 3.05) is 0 Å². The number of halogens is 1. The van der Waals surface area contributed by atoms with E-state index in [0.717, 1.165) is 6.07 Å². The zero-order valence-electron chi connectivity index (χ0n) is 7.81. The summed E-state index contributed by atoms with van der Waals surface area (Å²) in [4.78, 5) is 21.8. The predicted octanol–water partition coefficient (Wildman–Crippen LogP) is 1.74. The Hall–Kier alpha value is -2.02. The molecule has 1 atom stereocenters. The Balaban J connectivity index is 2.83. The number of carbonyl (C=O) groups is 2. The molecule has 76 valence electrons. The first-order valence-electron chi connectivity index (χ1n) is 4.31. The smallest absolute Gasteiger partial charge is 0.167 e. The van der Waals surface area contributed by atoms with Crippen molar-refractivity contribution in [3.05, 3.63) is 35.6 Å². The number of ketones is 1.